The summed E-state index contributed by atoms with van der Waals surface area (Å²) in [6.45, 7) is 11.7. The fourth-order valence-electron chi connectivity index (χ4n) is 3.49. The molecule has 4 aromatic rings. The molecule has 3 aromatic carbocycles. The van der Waals surface area contributed by atoms with Gasteiger partial charge in [-0.25, -0.2) is 4.98 Å². The molecule has 0 amide bonds. The van der Waals surface area contributed by atoms with Gasteiger partial charge in [0.25, 0.3) is 0 Å². The Morgan fingerprint density at radius 1 is 0.679 bits per heavy atom. The van der Waals surface area contributed by atoms with Crippen LogP contribution in [0.1, 0.15) is 0 Å². The number of hydrogen-bond acceptors (Lipinski definition) is 2. The maximum Gasteiger partial charge on any atom is 0.181 e. The molecule has 0 radical (unpaired) electrons. The molecule has 0 aliphatic rings. The molecule has 0 aliphatic carbocycles. The van der Waals surface area contributed by atoms with Gasteiger partial charge in [-0.2, -0.15) is 0 Å². The number of rotatable bonds is 4. The van der Waals surface area contributed by atoms with E-state index in [-0.39, 0.29) is 0 Å². The molecule has 0 unspecified atom stereocenters. The third-order valence-corrected chi connectivity index (χ3v) is 10.6. The van der Waals surface area contributed by atoms with E-state index in [4.69, 9.17) is 9.40 Å². The van der Waals surface area contributed by atoms with Crippen molar-refractivity contribution in [3.8, 4) is 11.1 Å². The molecule has 28 heavy (non-hydrogen) atoms. The highest BCUT2D eigenvalue weighted by molar-refractivity contribution is 6.99. The van der Waals surface area contributed by atoms with Crippen LogP contribution < -0.4 is 15.9 Å². The van der Waals surface area contributed by atoms with Crippen molar-refractivity contribution in [1.82, 2.24) is 4.98 Å². The highest BCUT2D eigenvalue weighted by Gasteiger charge is 2.32. The zero-order valence-electron chi connectivity index (χ0n) is 17.3. The van der Waals surface area contributed by atoms with Gasteiger partial charge in [-0.1, -0.05) is 98.6 Å². The summed E-state index contributed by atoms with van der Waals surface area (Å²) in [6.07, 6.45) is 0. The normalized spacial score (nSPS) is 12.5. The lowest BCUT2D eigenvalue weighted by Gasteiger charge is -2.19. The van der Waals surface area contributed by atoms with E-state index in [0.29, 0.717) is 0 Å². The van der Waals surface area contributed by atoms with Crippen LogP contribution in [-0.4, -0.2) is 21.1 Å². The molecule has 4 heteroatoms. The minimum Gasteiger partial charge on any atom is -0.445 e. The summed E-state index contributed by atoms with van der Waals surface area (Å²) in [5, 5.41) is 2.75. The van der Waals surface area contributed by atoms with Gasteiger partial charge in [-0.15, -0.1) is 0 Å². The van der Waals surface area contributed by atoms with Crippen molar-refractivity contribution >= 4 is 43.1 Å². The van der Waals surface area contributed by atoms with Crippen molar-refractivity contribution in [1.29, 1.82) is 0 Å². The molecular weight excluding hydrogens is 374 g/mol. The van der Waals surface area contributed by atoms with E-state index in [9.17, 15) is 0 Å². The summed E-state index contributed by atoms with van der Waals surface area (Å²) < 4.78 is 6.31. The molecular formula is C24H27NOSi2. The molecule has 0 N–H and O–H groups in total. The van der Waals surface area contributed by atoms with Gasteiger partial charge < -0.3 is 4.42 Å². The Morgan fingerprint density at radius 2 is 1.29 bits per heavy atom. The summed E-state index contributed by atoms with van der Waals surface area (Å²) in [6, 6.07) is 26.0. The van der Waals surface area contributed by atoms with E-state index in [1.165, 1.54) is 21.5 Å². The van der Waals surface area contributed by atoms with E-state index in [0.717, 1.165) is 16.6 Å². The lowest BCUT2D eigenvalue weighted by Crippen LogP contribution is -2.53. The first-order chi connectivity index (χ1) is 13.2. The van der Waals surface area contributed by atoms with Crippen molar-refractivity contribution in [2.75, 3.05) is 0 Å². The van der Waals surface area contributed by atoms with Gasteiger partial charge in [0, 0.05) is 0 Å². The average molecular weight is 402 g/mol. The van der Waals surface area contributed by atoms with Crippen LogP contribution >= 0.6 is 0 Å². The second kappa shape index (κ2) is 6.87. The lowest BCUT2D eigenvalue weighted by molar-refractivity contribution is 0.639. The molecule has 0 spiro atoms. The fourth-order valence-corrected chi connectivity index (χ4v) is 6.65. The number of aromatic nitrogens is 1. The fraction of sp³-hybridized carbons (Fsp3) is 0.208. The highest BCUT2D eigenvalue weighted by atomic mass is 28.3. The van der Waals surface area contributed by atoms with Gasteiger partial charge >= 0.3 is 0 Å². The Hall–Kier alpha value is -2.44. The molecule has 0 saturated heterocycles. The monoisotopic (exact) mass is 401 g/mol. The van der Waals surface area contributed by atoms with E-state index >= 15 is 0 Å². The van der Waals surface area contributed by atoms with Crippen LogP contribution in [0.2, 0.25) is 32.7 Å². The molecule has 0 bridgehead atoms. The number of nitrogens with zero attached hydrogens (tertiary/aromatic N) is 1. The Labute approximate surface area is 169 Å². The van der Waals surface area contributed by atoms with E-state index in [1.807, 2.05) is 0 Å². The molecule has 142 valence electrons. The van der Waals surface area contributed by atoms with Gasteiger partial charge in [0.15, 0.2) is 19.2 Å². The van der Waals surface area contributed by atoms with Crippen LogP contribution in [-0.2, 0) is 0 Å². The molecule has 0 saturated carbocycles. The average Bonchev–Trinajstić information content (AvgIpc) is 3.12. The standard InChI is InChI=1S/C24H27NOSi2/c1-27(2,3)21-15-16-22-23(17-21)26-24(25-22)28(4,5)20-13-11-19(12-14-20)18-9-7-6-8-10-18/h6-17H,1-5H3. The second-order valence-corrected chi connectivity index (χ2v) is 18.4. The zero-order chi connectivity index (χ0) is 19.9. The van der Waals surface area contributed by atoms with Gasteiger partial charge in [0.1, 0.15) is 5.52 Å². The Morgan fingerprint density at radius 3 is 1.93 bits per heavy atom. The molecule has 1 heterocycles. The Kier molecular flexibility index (Phi) is 4.64. The van der Waals surface area contributed by atoms with E-state index in [1.54, 1.807) is 0 Å². The number of fused-ring (bicyclic) bond motifs is 1. The third-order valence-electron chi connectivity index (χ3n) is 5.50. The van der Waals surface area contributed by atoms with Gasteiger partial charge in [0.05, 0.1) is 8.07 Å². The Balaban J connectivity index is 1.69. The molecule has 4 rings (SSSR count). The smallest absolute Gasteiger partial charge is 0.181 e. The van der Waals surface area contributed by atoms with Gasteiger partial charge in [-0.05, 0) is 28.4 Å². The Bertz CT molecular complexity index is 1110. The van der Waals surface area contributed by atoms with Crippen molar-refractivity contribution in [2.45, 2.75) is 32.7 Å². The third kappa shape index (κ3) is 3.50. The maximum atomic E-state index is 6.31. The van der Waals surface area contributed by atoms with Crippen molar-refractivity contribution in [2.24, 2.45) is 0 Å². The first kappa shape index (κ1) is 18.9. The molecule has 1 aromatic heterocycles. The minimum atomic E-state index is -1.99. The number of benzene rings is 3. The largest absolute Gasteiger partial charge is 0.445 e. The summed E-state index contributed by atoms with van der Waals surface area (Å²) in [4.78, 5) is 4.88. The van der Waals surface area contributed by atoms with E-state index in [2.05, 4.69) is 106 Å². The molecule has 0 aliphatic heterocycles. The van der Waals surface area contributed by atoms with Crippen LogP contribution in [0.5, 0.6) is 0 Å². The van der Waals surface area contributed by atoms with Crippen LogP contribution in [0.3, 0.4) is 0 Å². The minimum absolute atomic E-state index is 0.905. The van der Waals surface area contributed by atoms with Crippen molar-refractivity contribution in [3.63, 3.8) is 0 Å². The topological polar surface area (TPSA) is 26.0 Å². The quantitative estimate of drug-likeness (QED) is 0.456. The van der Waals surface area contributed by atoms with Gasteiger partial charge in [0.2, 0.25) is 0 Å². The summed E-state index contributed by atoms with van der Waals surface area (Å²) in [5.41, 5.74) is 5.29. The maximum absolute atomic E-state index is 6.31. The molecule has 0 fully saturated rings. The van der Waals surface area contributed by atoms with Crippen molar-refractivity contribution < 1.29 is 4.42 Å². The summed E-state index contributed by atoms with van der Waals surface area (Å²) in [5.74, 6) is 0. The summed E-state index contributed by atoms with van der Waals surface area (Å²) in [7, 11) is -3.36. The number of hydrogen-bond donors (Lipinski definition) is 0. The van der Waals surface area contributed by atoms with Gasteiger partial charge in [-0.3, -0.25) is 0 Å². The second-order valence-electron chi connectivity index (χ2n) is 9.02. The first-order valence-electron chi connectivity index (χ1n) is 9.83. The summed E-state index contributed by atoms with van der Waals surface area (Å²) >= 11 is 0. The SMILES string of the molecule is C[Si](C)(C)c1ccc2nc([Si](C)(C)c3ccc(-c4ccccc4)cc3)oc2c1. The predicted molar refractivity (Wildman–Crippen MR) is 126 cm³/mol. The van der Waals surface area contributed by atoms with E-state index < -0.39 is 16.1 Å². The first-order valence-corrected chi connectivity index (χ1v) is 16.3. The highest BCUT2D eigenvalue weighted by Crippen LogP contribution is 2.19. The van der Waals surface area contributed by atoms with Crippen molar-refractivity contribution in [3.05, 3.63) is 72.8 Å². The van der Waals surface area contributed by atoms with Crippen LogP contribution in [0.4, 0.5) is 0 Å². The number of oxazole rings is 1. The van der Waals surface area contributed by atoms with Crippen LogP contribution in [0.25, 0.3) is 22.2 Å². The lowest BCUT2D eigenvalue weighted by atomic mass is 10.1. The predicted octanol–water partition coefficient (Wildman–Crippen LogP) is 4.86. The zero-order valence-corrected chi connectivity index (χ0v) is 19.3. The van der Waals surface area contributed by atoms with Crippen LogP contribution in [0, 0.1) is 0 Å². The molecule has 0 atom stereocenters. The van der Waals surface area contributed by atoms with Crippen LogP contribution in [0.15, 0.2) is 77.2 Å². The molecule has 2 nitrogen and oxygen atoms in total.